The second-order valence-electron chi connectivity index (χ2n) is 10.1. The molecular formula is C38H27N5. The van der Waals surface area contributed by atoms with Gasteiger partial charge in [-0.2, -0.15) is 0 Å². The highest BCUT2D eigenvalue weighted by atomic mass is 15.1. The minimum atomic E-state index is 0.904. The molecule has 0 fully saturated rings. The summed E-state index contributed by atoms with van der Waals surface area (Å²) in [7, 11) is 0. The monoisotopic (exact) mass is 553 g/mol. The normalized spacial score (nSPS) is 11.5. The number of aromatic nitrogens is 2. The van der Waals surface area contributed by atoms with E-state index in [4.69, 9.17) is 9.98 Å². The highest BCUT2D eigenvalue weighted by Crippen LogP contribution is 2.34. The third-order valence-electron chi connectivity index (χ3n) is 7.27. The third-order valence-corrected chi connectivity index (χ3v) is 7.27. The lowest BCUT2D eigenvalue weighted by molar-refractivity contribution is 1.28. The van der Waals surface area contributed by atoms with E-state index in [2.05, 4.69) is 87.7 Å². The SMILES string of the molecule is C(=Nc1cccc2ncccc12)c1ccc(N(c2ccccc2)c2ccc(C=Nc3cccc4ncccc34)cc2)cc1. The van der Waals surface area contributed by atoms with Crippen LogP contribution in [0.15, 0.2) is 162 Å². The highest BCUT2D eigenvalue weighted by molar-refractivity contribution is 5.94. The summed E-state index contributed by atoms with van der Waals surface area (Å²) < 4.78 is 0. The van der Waals surface area contributed by atoms with Gasteiger partial charge in [0, 0.05) is 52.7 Å². The van der Waals surface area contributed by atoms with Crippen molar-refractivity contribution in [1.82, 2.24) is 9.97 Å². The van der Waals surface area contributed by atoms with Crippen LogP contribution >= 0.6 is 0 Å². The molecule has 0 aliphatic carbocycles. The summed E-state index contributed by atoms with van der Waals surface area (Å²) in [6.07, 6.45) is 7.41. The Morgan fingerprint density at radius 2 is 0.884 bits per heavy atom. The molecule has 0 radical (unpaired) electrons. The van der Waals surface area contributed by atoms with E-state index in [-0.39, 0.29) is 0 Å². The van der Waals surface area contributed by atoms with Crippen LogP contribution < -0.4 is 4.90 Å². The van der Waals surface area contributed by atoms with Gasteiger partial charge in [0.25, 0.3) is 0 Å². The Kier molecular flexibility index (Phi) is 7.19. The number of pyridine rings is 2. The van der Waals surface area contributed by atoms with Gasteiger partial charge in [0.2, 0.25) is 0 Å². The Morgan fingerprint density at radius 1 is 0.419 bits per heavy atom. The van der Waals surface area contributed by atoms with E-state index in [1.54, 1.807) is 12.4 Å². The maximum atomic E-state index is 4.77. The number of fused-ring (bicyclic) bond motifs is 2. The molecule has 0 unspecified atom stereocenters. The van der Waals surface area contributed by atoms with Crippen LogP contribution in [0.25, 0.3) is 21.8 Å². The largest absolute Gasteiger partial charge is 0.311 e. The Bertz CT molecular complexity index is 1920. The topological polar surface area (TPSA) is 53.7 Å². The molecular weight excluding hydrogens is 526 g/mol. The number of hydrogen-bond acceptors (Lipinski definition) is 5. The Balaban J connectivity index is 1.15. The van der Waals surface area contributed by atoms with Gasteiger partial charge in [-0.05, 0) is 96.1 Å². The van der Waals surface area contributed by atoms with Crippen LogP contribution in [-0.4, -0.2) is 22.4 Å². The number of aliphatic imine (C=N–C) groups is 2. The number of rotatable bonds is 7. The molecule has 5 nitrogen and oxygen atoms in total. The molecule has 5 aromatic carbocycles. The molecule has 43 heavy (non-hydrogen) atoms. The molecule has 2 aromatic heterocycles. The van der Waals surface area contributed by atoms with E-state index in [9.17, 15) is 0 Å². The summed E-state index contributed by atoms with van der Waals surface area (Å²) in [6, 6.07) is 47.3. The molecule has 7 aromatic rings. The van der Waals surface area contributed by atoms with E-state index < -0.39 is 0 Å². The fourth-order valence-corrected chi connectivity index (χ4v) is 5.13. The van der Waals surface area contributed by atoms with Crippen molar-refractivity contribution < 1.29 is 0 Å². The van der Waals surface area contributed by atoms with Crippen molar-refractivity contribution in [1.29, 1.82) is 0 Å². The summed E-state index contributed by atoms with van der Waals surface area (Å²) in [5.74, 6) is 0. The van der Waals surface area contributed by atoms with E-state index in [1.807, 2.05) is 79.2 Å². The van der Waals surface area contributed by atoms with Crippen molar-refractivity contribution in [3.8, 4) is 0 Å². The standard InChI is InChI=1S/C38H27N5/c1-2-8-30(9-3-1)43(31-20-16-28(17-21-31)26-41-37-14-4-12-35-33(37)10-6-24-39-35)32-22-18-29(19-23-32)27-42-38-15-5-13-36-34(38)11-7-25-40-36/h1-27H. The van der Waals surface area contributed by atoms with Gasteiger partial charge >= 0.3 is 0 Å². The van der Waals surface area contributed by atoms with Crippen LogP contribution in [0.4, 0.5) is 28.4 Å². The summed E-state index contributed by atoms with van der Waals surface area (Å²) in [5.41, 5.74) is 8.92. The molecule has 7 rings (SSSR count). The average molecular weight is 554 g/mol. The first kappa shape index (κ1) is 26.0. The van der Waals surface area contributed by atoms with Crippen LogP contribution in [0.5, 0.6) is 0 Å². The maximum Gasteiger partial charge on any atom is 0.0723 e. The zero-order valence-electron chi connectivity index (χ0n) is 23.3. The molecule has 5 heteroatoms. The van der Waals surface area contributed by atoms with Gasteiger partial charge in [0.1, 0.15) is 0 Å². The van der Waals surface area contributed by atoms with E-state index in [1.165, 1.54) is 0 Å². The first-order valence-corrected chi connectivity index (χ1v) is 14.1. The van der Waals surface area contributed by atoms with Crippen LogP contribution in [0.2, 0.25) is 0 Å². The van der Waals surface area contributed by atoms with Crippen molar-refractivity contribution in [2.24, 2.45) is 9.98 Å². The molecule has 0 N–H and O–H groups in total. The lowest BCUT2D eigenvalue weighted by atomic mass is 10.1. The van der Waals surface area contributed by atoms with Gasteiger partial charge < -0.3 is 4.90 Å². The first-order chi connectivity index (χ1) is 21.3. The van der Waals surface area contributed by atoms with Crippen molar-refractivity contribution in [3.63, 3.8) is 0 Å². The van der Waals surface area contributed by atoms with Gasteiger partial charge in [-0.1, -0.05) is 54.6 Å². The minimum absolute atomic E-state index is 0.904. The van der Waals surface area contributed by atoms with Crippen molar-refractivity contribution in [2.45, 2.75) is 0 Å². The van der Waals surface area contributed by atoms with Gasteiger partial charge in [-0.15, -0.1) is 0 Å². The summed E-state index contributed by atoms with van der Waals surface area (Å²) >= 11 is 0. The fourth-order valence-electron chi connectivity index (χ4n) is 5.13. The van der Waals surface area contributed by atoms with Crippen LogP contribution in [-0.2, 0) is 0 Å². The maximum absolute atomic E-state index is 4.77. The third kappa shape index (κ3) is 5.65. The first-order valence-electron chi connectivity index (χ1n) is 14.1. The number of nitrogens with zero attached hydrogens (tertiary/aromatic N) is 5. The fraction of sp³-hybridized carbons (Fsp3) is 0. The van der Waals surface area contributed by atoms with Crippen molar-refractivity contribution >= 4 is 62.7 Å². The Morgan fingerprint density at radius 3 is 1.37 bits per heavy atom. The van der Waals surface area contributed by atoms with Crippen molar-refractivity contribution in [3.05, 3.63) is 163 Å². The predicted octanol–water partition coefficient (Wildman–Crippen LogP) is 9.75. The molecule has 0 atom stereocenters. The second kappa shape index (κ2) is 11.9. The zero-order chi connectivity index (χ0) is 28.8. The molecule has 0 aliphatic rings. The van der Waals surface area contributed by atoms with Gasteiger partial charge in [-0.3, -0.25) is 20.0 Å². The summed E-state index contributed by atoms with van der Waals surface area (Å²) in [5, 5.41) is 2.08. The van der Waals surface area contributed by atoms with Gasteiger partial charge in [0.05, 0.1) is 22.4 Å². The summed E-state index contributed by atoms with van der Waals surface area (Å²) in [4.78, 5) is 20.7. The van der Waals surface area contributed by atoms with Crippen LogP contribution in [0.1, 0.15) is 11.1 Å². The Hall–Kier alpha value is -5.94. The van der Waals surface area contributed by atoms with Crippen LogP contribution in [0.3, 0.4) is 0 Å². The average Bonchev–Trinajstić information content (AvgIpc) is 3.08. The molecule has 0 saturated carbocycles. The summed E-state index contributed by atoms with van der Waals surface area (Å²) in [6.45, 7) is 0. The second-order valence-corrected chi connectivity index (χ2v) is 10.1. The molecule has 0 amide bonds. The van der Waals surface area contributed by atoms with Gasteiger partial charge in [-0.25, -0.2) is 0 Å². The molecule has 0 spiro atoms. The van der Waals surface area contributed by atoms with Crippen LogP contribution in [0, 0.1) is 0 Å². The molecule has 204 valence electrons. The molecule has 0 saturated heterocycles. The molecule has 0 aliphatic heterocycles. The minimum Gasteiger partial charge on any atom is -0.311 e. The van der Waals surface area contributed by atoms with E-state index in [0.717, 1.165) is 61.4 Å². The van der Waals surface area contributed by atoms with Gasteiger partial charge in [0.15, 0.2) is 0 Å². The lowest BCUT2D eigenvalue weighted by Gasteiger charge is -2.25. The predicted molar refractivity (Wildman–Crippen MR) is 179 cm³/mol. The van der Waals surface area contributed by atoms with Crippen molar-refractivity contribution in [2.75, 3.05) is 4.90 Å². The zero-order valence-corrected chi connectivity index (χ0v) is 23.3. The van der Waals surface area contributed by atoms with E-state index >= 15 is 0 Å². The number of benzene rings is 5. The smallest absolute Gasteiger partial charge is 0.0723 e. The Labute approximate surface area is 250 Å². The number of anilines is 3. The number of para-hydroxylation sites is 1. The lowest BCUT2D eigenvalue weighted by Crippen LogP contribution is -2.09. The molecule has 2 heterocycles. The molecule has 0 bridgehead atoms. The highest BCUT2D eigenvalue weighted by Gasteiger charge is 2.12. The van der Waals surface area contributed by atoms with E-state index in [0.29, 0.717) is 0 Å². The quantitative estimate of drug-likeness (QED) is 0.185. The number of hydrogen-bond donors (Lipinski definition) is 0.